The topological polar surface area (TPSA) is 108 Å². The van der Waals surface area contributed by atoms with E-state index in [-0.39, 0.29) is 18.1 Å². The summed E-state index contributed by atoms with van der Waals surface area (Å²) in [6.07, 6.45) is 10.6. The number of hydrogen-bond donors (Lipinski definition) is 3. The first-order valence-corrected chi connectivity index (χ1v) is 13.3. The number of ether oxygens (including phenoxy) is 1. The van der Waals surface area contributed by atoms with Gasteiger partial charge in [-0.25, -0.2) is 14.6 Å². The second-order valence-corrected chi connectivity index (χ2v) is 10.1. The number of aromatic nitrogens is 2. The molecule has 2 aliphatic rings. The van der Waals surface area contributed by atoms with Crippen LogP contribution in [0.4, 0.5) is 16.6 Å². The highest BCUT2D eigenvalue weighted by Gasteiger charge is 2.26. The molecule has 2 aliphatic carbocycles. The van der Waals surface area contributed by atoms with Crippen molar-refractivity contribution in [3.8, 4) is 0 Å². The summed E-state index contributed by atoms with van der Waals surface area (Å²) in [5.74, 6) is 2.10. The van der Waals surface area contributed by atoms with Gasteiger partial charge in [0.25, 0.3) is 0 Å². The highest BCUT2D eigenvalue weighted by atomic mass is 32.2. The number of nitrogens with zero attached hydrogens (tertiary/aromatic N) is 3. The van der Waals surface area contributed by atoms with Crippen molar-refractivity contribution in [1.29, 1.82) is 0 Å². The minimum atomic E-state index is -0.618. The largest absolute Gasteiger partial charge is 0.467 e. The smallest absolute Gasteiger partial charge is 0.328 e. The van der Waals surface area contributed by atoms with E-state index >= 15 is 0 Å². The van der Waals surface area contributed by atoms with Gasteiger partial charge in [-0.2, -0.15) is 16.7 Å². The van der Waals surface area contributed by atoms with E-state index in [1.165, 1.54) is 31.2 Å². The number of carbonyl (C=O) groups is 2. The molecule has 0 radical (unpaired) electrons. The fourth-order valence-corrected chi connectivity index (χ4v) is 5.06. The van der Waals surface area contributed by atoms with Crippen LogP contribution in [-0.4, -0.2) is 73.3 Å². The van der Waals surface area contributed by atoms with Crippen LogP contribution in [0.25, 0.3) is 0 Å². The zero-order valence-electron chi connectivity index (χ0n) is 20.3. The molecule has 3 N–H and O–H groups in total. The number of aryl methyl sites for hydroxylation is 1. The second-order valence-electron chi connectivity index (χ2n) is 9.07. The number of methoxy groups -OCH3 is 1. The van der Waals surface area contributed by atoms with Gasteiger partial charge in [-0.1, -0.05) is 0 Å². The molecule has 33 heavy (non-hydrogen) atoms. The summed E-state index contributed by atoms with van der Waals surface area (Å²) < 4.78 is 4.81. The van der Waals surface area contributed by atoms with Crippen molar-refractivity contribution >= 4 is 35.5 Å². The fourth-order valence-electron chi connectivity index (χ4n) is 4.59. The van der Waals surface area contributed by atoms with Crippen molar-refractivity contribution in [2.75, 3.05) is 43.4 Å². The summed E-state index contributed by atoms with van der Waals surface area (Å²) in [7, 11) is 5.42. The molecule has 1 fully saturated rings. The Morgan fingerprint density at radius 3 is 2.48 bits per heavy atom. The maximum Gasteiger partial charge on any atom is 0.328 e. The monoisotopic (exact) mass is 478 g/mol. The first-order valence-electron chi connectivity index (χ1n) is 11.9. The Labute approximate surface area is 201 Å². The number of hydrogen-bond acceptors (Lipinski definition) is 8. The zero-order chi connectivity index (χ0) is 23.8. The molecule has 0 spiro atoms. The molecule has 10 heteroatoms. The van der Waals surface area contributed by atoms with Gasteiger partial charge in [0.05, 0.1) is 12.8 Å². The van der Waals surface area contributed by atoms with Gasteiger partial charge in [0, 0.05) is 31.7 Å². The molecule has 2 amide bonds. The lowest BCUT2D eigenvalue weighted by molar-refractivity contribution is -0.142. The number of esters is 1. The predicted molar refractivity (Wildman–Crippen MR) is 133 cm³/mol. The van der Waals surface area contributed by atoms with Crippen molar-refractivity contribution in [3.63, 3.8) is 0 Å². The van der Waals surface area contributed by atoms with Crippen LogP contribution in [0.3, 0.4) is 0 Å². The molecule has 0 saturated heterocycles. The molecular formula is C23H38N6O3S. The van der Waals surface area contributed by atoms with Crippen LogP contribution >= 0.6 is 11.8 Å². The van der Waals surface area contributed by atoms with Crippen LogP contribution in [-0.2, 0) is 22.4 Å². The lowest BCUT2D eigenvalue weighted by atomic mass is 9.91. The number of rotatable bonds is 9. The zero-order valence-corrected chi connectivity index (χ0v) is 21.1. The molecule has 1 aromatic heterocycles. The fraction of sp³-hybridized carbons (Fsp3) is 0.739. The Bertz CT molecular complexity index is 814. The van der Waals surface area contributed by atoms with E-state index in [9.17, 15) is 9.59 Å². The van der Waals surface area contributed by atoms with E-state index in [4.69, 9.17) is 14.7 Å². The first kappa shape index (κ1) is 25.4. The number of thioether (sulfide) groups is 1. The van der Waals surface area contributed by atoms with Crippen LogP contribution in [0.2, 0.25) is 0 Å². The number of anilines is 2. The summed E-state index contributed by atoms with van der Waals surface area (Å²) in [5.41, 5.74) is 2.47. The molecule has 3 rings (SSSR count). The van der Waals surface area contributed by atoms with E-state index in [1.807, 2.05) is 20.4 Å². The summed E-state index contributed by atoms with van der Waals surface area (Å²) in [6, 6.07) is -0.556. The van der Waals surface area contributed by atoms with Crippen LogP contribution in [0.5, 0.6) is 0 Å². The summed E-state index contributed by atoms with van der Waals surface area (Å²) in [4.78, 5) is 36.1. The molecule has 0 aromatic carbocycles. The lowest BCUT2D eigenvalue weighted by Crippen LogP contribution is -2.50. The third-order valence-electron chi connectivity index (χ3n) is 6.38. The number of carbonyl (C=O) groups excluding carboxylic acids is 2. The quantitative estimate of drug-likeness (QED) is 0.465. The standard InChI is InChI=1S/C23H38N6O3S/c1-29(2)20-17-7-5-6-8-18(17)26-22(28-20)24-15-9-11-16(12-10-15)25-23(31)27-19(13-14-33-4)21(30)32-3/h15-16,19H,5-14H2,1-4H3,(H,24,26,28)(H2,25,27,31)/t15?,16?,19-/m0/s1. The minimum absolute atomic E-state index is 0.0867. The molecule has 1 aromatic rings. The van der Waals surface area contributed by atoms with Crippen molar-refractivity contribution in [1.82, 2.24) is 20.6 Å². The van der Waals surface area contributed by atoms with Crippen molar-refractivity contribution < 1.29 is 14.3 Å². The third kappa shape index (κ3) is 7.12. The minimum Gasteiger partial charge on any atom is -0.467 e. The van der Waals surface area contributed by atoms with Crippen LogP contribution < -0.4 is 20.9 Å². The van der Waals surface area contributed by atoms with Gasteiger partial charge in [0.2, 0.25) is 5.95 Å². The highest BCUT2D eigenvalue weighted by molar-refractivity contribution is 7.98. The summed E-state index contributed by atoms with van der Waals surface area (Å²) in [6.45, 7) is 0. The Hall–Kier alpha value is -2.23. The van der Waals surface area contributed by atoms with E-state index < -0.39 is 12.0 Å². The molecule has 0 unspecified atom stereocenters. The summed E-state index contributed by atoms with van der Waals surface area (Å²) >= 11 is 1.63. The van der Waals surface area contributed by atoms with Gasteiger partial charge in [-0.15, -0.1) is 0 Å². The Morgan fingerprint density at radius 2 is 1.82 bits per heavy atom. The third-order valence-corrected chi connectivity index (χ3v) is 7.03. The van der Waals surface area contributed by atoms with Gasteiger partial charge >= 0.3 is 12.0 Å². The van der Waals surface area contributed by atoms with Gasteiger partial charge in [0.15, 0.2) is 0 Å². The predicted octanol–water partition coefficient (Wildman–Crippen LogP) is 2.74. The summed E-state index contributed by atoms with van der Waals surface area (Å²) in [5, 5.41) is 9.33. The highest BCUT2D eigenvalue weighted by Crippen LogP contribution is 2.29. The van der Waals surface area contributed by atoms with Crippen LogP contribution in [0.15, 0.2) is 0 Å². The number of amides is 2. The van der Waals surface area contributed by atoms with Crippen LogP contribution in [0, 0.1) is 0 Å². The Kier molecular flexibility index (Phi) is 9.46. The van der Waals surface area contributed by atoms with Gasteiger partial charge in [-0.3, -0.25) is 0 Å². The number of nitrogens with one attached hydrogen (secondary N) is 3. The molecule has 1 saturated carbocycles. The maximum absolute atomic E-state index is 12.4. The molecule has 0 bridgehead atoms. The average molecular weight is 479 g/mol. The lowest BCUT2D eigenvalue weighted by Gasteiger charge is -2.31. The number of urea groups is 1. The van der Waals surface area contributed by atoms with Gasteiger partial charge in [-0.05, 0) is 69.8 Å². The maximum atomic E-state index is 12.4. The molecular weight excluding hydrogens is 440 g/mol. The van der Waals surface area contributed by atoms with Crippen LogP contribution in [0.1, 0.15) is 56.2 Å². The molecule has 1 heterocycles. The molecule has 9 nitrogen and oxygen atoms in total. The van der Waals surface area contributed by atoms with Gasteiger partial charge in [0.1, 0.15) is 11.9 Å². The van der Waals surface area contributed by atoms with E-state index in [0.29, 0.717) is 12.4 Å². The van der Waals surface area contributed by atoms with Crippen molar-refractivity contribution in [2.45, 2.75) is 75.9 Å². The van der Waals surface area contributed by atoms with E-state index in [1.54, 1.807) is 11.8 Å². The first-order chi connectivity index (χ1) is 15.9. The van der Waals surface area contributed by atoms with Gasteiger partial charge < -0.3 is 25.6 Å². The average Bonchev–Trinajstić information content (AvgIpc) is 2.81. The normalized spacial score (nSPS) is 20.8. The van der Waals surface area contributed by atoms with Crippen molar-refractivity contribution in [3.05, 3.63) is 11.3 Å². The molecule has 0 aliphatic heterocycles. The Balaban J connectivity index is 1.50. The molecule has 184 valence electrons. The SMILES string of the molecule is COC(=O)[C@H](CCSC)NC(=O)NC1CCC(Nc2nc3c(c(N(C)C)n2)CCCC3)CC1. The van der Waals surface area contributed by atoms with E-state index in [0.717, 1.165) is 50.1 Å². The number of fused-ring (bicyclic) bond motifs is 1. The Morgan fingerprint density at radius 1 is 1.12 bits per heavy atom. The molecule has 1 atom stereocenters. The second kappa shape index (κ2) is 12.3. The van der Waals surface area contributed by atoms with Crippen molar-refractivity contribution in [2.24, 2.45) is 0 Å². The van der Waals surface area contributed by atoms with E-state index in [2.05, 4.69) is 20.9 Å².